The molecule has 0 saturated heterocycles. The smallest absolute Gasteiger partial charge is 0.179 e. The van der Waals surface area contributed by atoms with E-state index in [0.29, 0.717) is 0 Å². The van der Waals surface area contributed by atoms with E-state index in [1.807, 2.05) is 0 Å². The Morgan fingerprint density at radius 1 is 0.216 bits per heavy atom. The number of rotatable bonds is 0. The van der Waals surface area contributed by atoms with Crippen LogP contribution in [0.15, 0.2) is 0 Å². The van der Waals surface area contributed by atoms with Gasteiger partial charge in [-0.3, -0.25) is 0 Å². The first-order chi connectivity index (χ1) is 16.4. The molecule has 0 atom stereocenters. The first-order valence-electron chi connectivity index (χ1n) is 8.11. The Bertz CT molecular complexity index is 863. The average Bonchev–Trinajstić information content (AvgIpc) is 2.87. The molecule has 3 rings (SSSR count). The zero-order chi connectivity index (χ0) is 28.4. The van der Waals surface area contributed by atoms with Crippen molar-refractivity contribution >= 4 is 139 Å². The number of halogens is 12. The van der Waals surface area contributed by atoms with Crippen LogP contribution in [0.4, 0.5) is 0 Å². The van der Waals surface area contributed by atoms with Crippen molar-refractivity contribution in [2.24, 2.45) is 0 Å². The zero-order valence-corrected chi connectivity index (χ0v) is 29.0. The minimum absolute atomic E-state index is 0. The minimum Gasteiger partial charge on any atom is -0.503 e. The van der Waals surface area contributed by atoms with Gasteiger partial charge in [0.1, 0.15) is 30.1 Å². The summed E-state index contributed by atoms with van der Waals surface area (Å²) in [6, 6.07) is 0. The van der Waals surface area contributed by atoms with Gasteiger partial charge in [-0.05, 0) is 0 Å². The summed E-state index contributed by atoms with van der Waals surface area (Å²) in [5, 5.41) is 52.7. The molecule has 0 amide bonds. The van der Waals surface area contributed by atoms with Crippen LogP contribution in [0.1, 0.15) is 0 Å². The molecule has 3 aromatic rings. The van der Waals surface area contributed by atoms with Gasteiger partial charge in [0.05, 0.1) is 30.1 Å². The zero-order valence-electron chi connectivity index (χ0n) is 16.7. The number of phenolic OH excluding ortho intramolecular Hbond substituents is 6. The van der Waals surface area contributed by atoms with E-state index < -0.39 is 34.5 Å². The topological polar surface area (TPSA) is 121 Å². The molecular weight excluding hydrogens is 919 g/mol. The van der Waals surface area contributed by atoms with Gasteiger partial charge in [-0.1, -0.05) is 139 Å². The number of benzene rings is 3. The molecule has 0 aliphatic heterocycles. The molecule has 19 heteroatoms. The molecule has 3 aromatic carbocycles. The molecule has 0 aliphatic rings. The van der Waals surface area contributed by atoms with Gasteiger partial charge in [0.25, 0.3) is 0 Å². The van der Waals surface area contributed by atoms with Crippen LogP contribution in [0, 0.1) is 0 Å². The Hall–Kier alpha value is 0.680. The summed E-state index contributed by atoms with van der Waals surface area (Å²) in [4.78, 5) is 0. The maximum absolute atomic E-state index is 9.08. The molecule has 1 radical (unpaired) electrons. The maximum Gasteiger partial charge on any atom is 0.179 e. The second-order valence-electron chi connectivity index (χ2n) is 5.86. The summed E-state index contributed by atoms with van der Waals surface area (Å²) in [6.45, 7) is 0. The van der Waals surface area contributed by atoms with E-state index in [1.54, 1.807) is 0 Å². The van der Waals surface area contributed by atoms with E-state index in [4.69, 9.17) is 170 Å². The molecule has 203 valence electrons. The van der Waals surface area contributed by atoms with Gasteiger partial charge < -0.3 is 30.6 Å². The summed E-state index contributed by atoms with van der Waals surface area (Å²) in [5.41, 5.74) is 0. The van der Waals surface area contributed by atoms with E-state index in [-0.39, 0.29) is 82.7 Å². The van der Waals surface area contributed by atoms with Gasteiger partial charge in [-0.25, -0.2) is 0 Å². The van der Waals surface area contributed by atoms with Gasteiger partial charge in [-0.15, -0.1) is 0 Å². The van der Waals surface area contributed by atoms with E-state index in [1.165, 1.54) is 0 Å². The van der Waals surface area contributed by atoms with Crippen molar-refractivity contribution in [3.05, 3.63) is 60.3 Å². The van der Waals surface area contributed by atoms with E-state index in [2.05, 4.69) is 0 Å². The molecule has 0 bridgehead atoms. The molecular formula is C18H6Cl12O6Ta. The molecule has 0 aromatic heterocycles. The quantitative estimate of drug-likeness (QED) is 0.0759. The largest absolute Gasteiger partial charge is 0.503 e. The Morgan fingerprint density at radius 3 is 0.378 bits per heavy atom. The summed E-state index contributed by atoms with van der Waals surface area (Å²) >= 11 is 66.1. The Labute approximate surface area is 284 Å². The van der Waals surface area contributed by atoms with Crippen molar-refractivity contribution in [1.29, 1.82) is 0 Å². The third-order valence-corrected chi connectivity index (χ3v) is 9.00. The summed E-state index contributed by atoms with van der Waals surface area (Å²) in [7, 11) is 0. The molecule has 6 nitrogen and oxygen atoms in total. The van der Waals surface area contributed by atoms with Crippen LogP contribution in [0.5, 0.6) is 34.5 Å². The second kappa shape index (κ2) is 15.6. The molecule has 6 N–H and O–H groups in total. The Morgan fingerprint density at radius 2 is 0.297 bits per heavy atom. The number of hydrogen-bond donors (Lipinski definition) is 6. The summed E-state index contributed by atoms with van der Waals surface area (Å²) in [6.07, 6.45) is 0. The fourth-order valence-corrected chi connectivity index (χ4v) is 4.32. The second-order valence-corrected chi connectivity index (χ2v) is 10.4. The van der Waals surface area contributed by atoms with Gasteiger partial charge >= 0.3 is 0 Å². The Kier molecular flexibility index (Phi) is 15.9. The van der Waals surface area contributed by atoms with Crippen molar-refractivity contribution in [3.8, 4) is 34.5 Å². The van der Waals surface area contributed by atoms with Crippen LogP contribution < -0.4 is 0 Å². The molecule has 0 spiro atoms. The Balaban J connectivity index is 0.000000518. The number of hydrogen-bond acceptors (Lipinski definition) is 6. The molecule has 0 aliphatic carbocycles. The summed E-state index contributed by atoms with van der Waals surface area (Å²) < 4.78 is 0. The normalized spacial score (nSPS) is 10.1. The van der Waals surface area contributed by atoms with E-state index in [9.17, 15) is 0 Å². The maximum atomic E-state index is 9.08. The first-order valence-corrected chi connectivity index (χ1v) is 12.6. The van der Waals surface area contributed by atoms with Crippen LogP contribution in [0.25, 0.3) is 0 Å². The SMILES string of the molecule is Oc1c(O)c(Cl)c(Cl)c(Cl)c1Cl.Oc1c(O)c(Cl)c(Cl)c(Cl)c1Cl.Oc1c(O)c(Cl)c(Cl)c(Cl)c1Cl.[Ta]. The standard InChI is InChI=1S/3C6H2Cl4O2.Ta/c3*7-1-2(8)4(10)6(12)5(11)3(1)9;/h3*11-12H;. The monoisotopic (exact) mass is 919 g/mol. The van der Waals surface area contributed by atoms with E-state index in [0.717, 1.165) is 0 Å². The van der Waals surface area contributed by atoms with Gasteiger partial charge in [-0.2, -0.15) is 0 Å². The predicted molar refractivity (Wildman–Crippen MR) is 149 cm³/mol. The van der Waals surface area contributed by atoms with Crippen LogP contribution in [-0.4, -0.2) is 30.6 Å². The van der Waals surface area contributed by atoms with Crippen molar-refractivity contribution in [1.82, 2.24) is 0 Å². The third kappa shape index (κ3) is 8.35. The van der Waals surface area contributed by atoms with Crippen LogP contribution >= 0.6 is 139 Å². The fourth-order valence-electron chi connectivity index (χ4n) is 1.83. The number of phenols is 6. The van der Waals surface area contributed by atoms with Gasteiger partial charge in [0.15, 0.2) is 34.5 Å². The number of aromatic hydroxyl groups is 6. The molecule has 37 heavy (non-hydrogen) atoms. The first kappa shape index (κ1) is 37.7. The minimum atomic E-state index is -0.573. The van der Waals surface area contributed by atoms with Gasteiger partial charge in [0.2, 0.25) is 0 Å². The van der Waals surface area contributed by atoms with Crippen molar-refractivity contribution < 1.29 is 53.0 Å². The van der Waals surface area contributed by atoms with Gasteiger partial charge in [0, 0.05) is 22.4 Å². The van der Waals surface area contributed by atoms with Crippen LogP contribution in [0.3, 0.4) is 0 Å². The third-order valence-electron chi connectivity index (χ3n) is 3.65. The fraction of sp³-hybridized carbons (Fsp3) is 0. The van der Waals surface area contributed by atoms with Crippen LogP contribution in [-0.2, 0) is 22.4 Å². The predicted octanol–water partition coefficient (Wildman–Crippen LogP) is 11.1. The van der Waals surface area contributed by atoms with Crippen molar-refractivity contribution in [2.75, 3.05) is 0 Å². The molecule has 0 heterocycles. The molecule has 0 unspecified atom stereocenters. The summed E-state index contributed by atoms with van der Waals surface area (Å²) in [5.74, 6) is -3.44. The molecule has 0 saturated carbocycles. The average molecular weight is 925 g/mol. The van der Waals surface area contributed by atoms with Crippen molar-refractivity contribution in [3.63, 3.8) is 0 Å². The van der Waals surface area contributed by atoms with Crippen LogP contribution in [0.2, 0.25) is 60.3 Å². The van der Waals surface area contributed by atoms with Crippen molar-refractivity contribution in [2.45, 2.75) is 0 Å². The van der Waals surface area contributed by atoms with E-state index >= 15 is 0 Å². The molecule has 0 fully saturated rings.